The van der Waals surface area contributed by atoms with Crippen molar-refractivity contribution in [2.24, 2.45) is 0 Å². The van der Waals surface area contributed by atoms with Crippen molar-refractivity contribution >= 4 is 0 Å². The summed E-state index contributed by atoms with van der Waals surface area (Å²) < 4.78 is 26.0. The largest absolute Gasteiger partial charge is 0.382 e. The van der Waals surface area contributed by atoms with E-state index >= 15 is 0 Å². The molecule has 0 heterocycles. The lowest BCUT2D eigenvalue weighted by Crippen LogP contribution is -2.12. The molecule has 0 rings (SSSR count). The molecule has 0 aromatic heterocycles. The second-order valence-electron chi connectivity index (χ2n) is 3.59. The predicted molar refractivity (Wildman–Crippen MR) is 73.2 cm³/mol. The number of methoxy groups -OCH3 is 1. The molecule has 0 spiro atoms. The van der Waals surface area contributed by atoms with Crippen molar-refractivity contribution in [2.75, 3.05) is 66.6 Å². The third kappa shape index (κ3) is 17.4. The minimum atomic E-state index is 0.479. The highest BCUT2D eigenvalue weighted by atomic mass is 16.6. The summed E-state index contributed by atoms with van der Waals surface area (Å²) in [7, 11) is 1.65. The average molecular weight is 274 g/mol. The first-order valence-corrected chi connectivity index (χ1v) is 6.67. The summed E-state index contributed by atoms with van der Waals surface area (Å²) >= 11 is 0. The maximum absolute atomic E-state index is 5.33. The van der Waals surface area contributed by atoms with Gasteiger partial charge in [0.25, 0.3) is 0 Å². The fourth-order valence-corrected chi connectivity index (χ4v) is 1.10. The highest BCUT2D eigenvalue weighted by Crippen LogP contribution is 1.83. The summed E-state index contributed by atoms with van der Waals surface area (Å²) in [6.45, 7) is 7.16. The molecule has 0 aliphatic heterocycles. The molecule has 0 fully saturated rings. The maximum Gasteiger partial charge on any atom is 0.107 e. The fourth-order valence-electron chi connectivity index (χ4n) is 1.10. The molecule has 0 unspecified atom stereocenters. The Morgan fingerprint density at radius 3 is 1.58 bits per heavy atom. The van der Waals surface area contributed by atoms with Gasteiger partial charge in [-0.15, -0.1) is 5.92 Å². The minimum absolute atomic E-state index is 0.479. The van der Waals surface area contributed by atoms with Crippen LogP contribution in [0, 0.1) is 11.8 Å². The van der Waals surface area contributed by atoms with Crippen LogP contribution >= 0.6 is 0 Å². The Hall–Kier alpha value is -0.640. The van der Waals surface area contributed by atoms with Crippen LogP contribution in [0.1, 0.15) is 13.3 Å². The standard InChI is InChI=1S/C14H26O5/c1-3-4-5-6-16-9-10-18-13-14-19-12-11-17-8-7-15-2/h3,6-14H2,1-2H3. The van der Waals surface area contributed by atoms with Crippen molar-refractivity contribution in [3.8, 4) is 11.8 Å². The molecule has 0 amide bonds. The van der Waals surface area contributed by atoms with Gasteiger partial charge in [0.15, 0.2) is 0 Å². The second kappa shape index (κ2) is 17.4. The molecular weight excluding hydrogens is 248 g/mol. The van der Waals surface area contributed by atoms with E-state index in [9.17, 15) is 0 Å². The van der Waals surface area contributed by atoms with E-state index in [0.29, 0.717) is 59.5 Å². The van der Waals surface area contributed by atoms with Gasteiger partial charge in [-0.05, 0) is 0 Å². The van der Waals surface area contributed by atoms with Gasteiger partial charge in [-0.2, -0.15) is 0 Å². The van der Waals surface area contributed by atoms with Gasteiger partial charge in [0.1, 0.15) is 6.61 Å². The van der Waals surface area contributed by atoms with Crippen LogP contribution in [0.5, 0.6) is 0 Å². The highest BCUT2D eigenvalue weighted by Gasteiger charge is 1.91. The molecule has 0 radical (unpaired) electrons. The van der Waals surface area contributed by atoms with Crippen molar-refractivity contribution in [1.29, 1.82) is 0 Å². The predicted octanol–water partition coefficient (Wildman–Crippen LogP) is 1.11. The zero-order chi connectivity index (χ0) is 14.0. The zero-order valence-corrected chi connectivity index (χ0v) is 12.1. The average Bonchev–Trinajstić information content (AvgIpc) is 2.43. The van der Waals surface area contributed by atoms with Crippen LogP contribution in [0.2, 0.25) is 0 Å². The Morgan fingerprint density at radius 1 is 0.632 bits per heavy atom. The molecule has 0 aliphatic rings. The Morgan fingerprint density at radius 2 is 1.11 bits per heavy atom. The summed E-state index contributed by atoms with van der Waals surface area (Å²) in [5, 5.41) is 0. The van der Waals surface area contributed by atoms with E-state index in [1.807, 2.05) is 6.92 Å². The first-order valence-electron chi connectivity index (χ1n) is 6.67. The molecule has 112 valence electrons. The summed E-state index contributed by atoms with van der Waals surface area (Å²) in [5.74, 6) is 5.84. The monoisotopic (exact) mass is 274 g/mol. The Kier molecular flexibility index (Phi) is 16.8. The lowest BCUT2D eigenvalue weighted by molar-refractivity contribution is -0.00549. The van der Waals surface area contributed by atoms with E-state index in [-0.39, 0.29) is 0 Å². The Labute approximate surface area is 116 Å². The molecule has 0 aromatic rings. The van der Waals surface area contributed by atoms with Gasteiger partial charge in [-0.1, -0.05) is 12.8 Å². The molecule has 0 N–H and O–H groups in total. The van der Waals surface area contributed by atoms with E-state index < -0.39 is 0 Å². The van der Waals surface area contributed by atoms with Crippen molar-refractivity contribution in [3.05, 3.63) is 0 Å². The maximum atomic E-state index is 5.33. The van der Waals surface area contributed by atoms with Crippen LogP contribution in [0.15, 0.2) is 0 Å². The third-order valence-electron chi connectivity index (χ3n) is 2.02. The van der Waals surface area contributed by atoms with Gasteiger partial charge in [0.2, 0.25) is 0 Å². The minimum Gasteiger partial charge on any atom is -0.382 e. The van der Waals surface area contributed by atoms with E-state index in [1.54, 1.807) is 7.11 Å². The van der Waals surface area contributed by atoms with Gasteiger partial charge in [-0.3, -0.25) is 0 Å². The molecule has 0 bridgehead atoms. The third-order valence-corrected chi connectivity index (χ3v) is 2.02. The van der Waals surface area contributed by atoms with Crippen LogP contribution in [0.25, 0.3) is 0 Å². The first kappa shape index (κ1) is 18.4. The summed E-state index contributed by atoms with van der Waals surface area (Å²) in [5.41, 5.74) is 0. The van der Waals surface area contributed by atoms with E-state index in [0.717, 1.165) is 6.42 Å². The Bertz CT molecular complexity index is 222. The van der Waals surface area contributed by atoms with Crippen LogP contribution in [0.4, 0.5) is 0 Å². The molecule has 19 heavy (non-hydrogen) atoms. The SMILES string of the molecule is CCC#CCOCCOCCOCCOCCOC. The molecule has 5 heteroatoms. The van der Waals surface area contributed by atoms with Crippen LogP contribution < -0.4 is 0 Å². The van der Waals surface area contributed by atoms with Crippen molar-refractivity contribution in [1.82, 2.24) is 0 Å². The normalized spacial score (nSPS) is 10.2. The van der Waals surface area contributed by atoms with Gasteiger partial charge < -0.3 is 23.7 Å². The van der Waals surface area contributed by atoms with Crippen LogP contribution in [0.3, 0.4) is 0 Å². The van der Waals surface area contributed by atoms with E-state index in [2.05, 4.69) is 11.8 Å². The van der Waals surface area contributed by atoms with Crippen molar-refractivity contribution in [2.45, 2.75) is 13.3 Å². The zero-order valence-electron chi connectivity index (χ0n) is 12.1. The van der Waals surface area contributed by atoms with E-state index in [4.69, 9.17) is 23.7 Å². The Balaban J connectivity index is 2.95. The summed E-state index contributed by atoms with van der Waals surface area (Å²) in [6.07, 6.45) is 0.867. The van der Waals surface area contributed by atoms with Gasteiger partial charge in [0.05, 0.1) is 52.9 Å². The van der Waals surface area contributed by atoms with Crippen LogP contribution in [-0.2, 0) is 23.7 Å². The molecule has 0 aromatic carbocycles. The second-order valence-corrected chi connectivity index (χ2v) is 3.59. The van der Waals surface area contributed by atoms with Gasteiger partial charge in [-0.25, -0.2) is 0 Å². The van der Waals surface area contributed by atoms with Crippen LogP contribution in [-0.4, -0.2) is 66.6 Å². The van der Waals surface area contributed by atoms with Crippen molar-refractivity contribution < 1.29 is 23.7 Å². The van der Waals surface area contributed by atoms with Gasteiger partial charge >= 0.3 is 0 Å². The molecule has 0 saturated heterocycles. The highest BCUT2D eigenvalue weighted by molar-refractivity contribution is 4.97. The molecule has 0 atom stereocenters. The summed E-state index contributed by atoms with van der Waals surface area (Å²) in [4.78, 5) is 0. The first-order chi connectivity index (χ1) is 9.41. The summed E-state index contributed by atoms with van der Waals surface area (Å²) in [6, 6.07) is 0. The number of hydrogen-bond donors (Lipinski definition) is 0. The molecule has 5 nitrogen and oxygen atoms in total. The molecular formula is C14H26O5. The number of hydrogen-bond acceptors (Lipinski definition) is 5. The number of rotatable bonds is 13. The van der Waals surface area contributed by atoms with Crippen molar-refractivity contribution in [3.63, 3.8) is 0 Å². The topological polar surface area (TPSA) is 46.2 Å². The molecule has 0 aliphatic carbocycles. The lowest BCUT2D eigenvalue weighted by Gasteiger charge is -2.06. The quantitative estimate of drug-likeness (QED) is 0.372. The fraction of sp³-hybridized carbons (Fsp3) is 0.857. The molecule has 0 saturated carbocycles. The van der Waals surface area contributed by atoms with Gasteiger partial charge in [0, 0.05) is 13.5 Å². The number of ether oxygens (including phenoxy) is 5. The lowest BCUT2D eigenvalue weighted by atomic mass is 10.5. The smallest absolute Gasteiger partial charge is 0.107 e. The van der Waals surface area contributed by atoms with E-state index in [1.165, 1.54) is 0 Å².